The van der Waals surface area contributed by atoms with Gasteiger partial charge in [-0.3, -0.25) is 4.68 Å². The molecule has 0 fully saturated rings. The zero-order valence-corrected chi connectivity index (χ0v) is 13.2. The van der Waals surface area contributed by atoms with Crippen LogP contribution in [0.2, 0.25) is 0 Å². The molecule has 0 radical (unpaired) electrons. The van der Waals surface area contributed by atoms with Crippen molar-refractivity contribution in [2.45, 2.75) is 33.7 Å². The lowest BCUT2D eigenvalue weighted by molar-refractivity contribution is 0.442. The Balaban J connectivity index is 2.42. The molecule has 1 aromatic carbocycles. The van der Waals surface area contributed by atoms with Gasteiger partial charge in [-0.2, -0.15) is 5.10 Å². The number of rotatable bonds is 5. The molecule has 1 unspecified atom stereocenters. The van der Waals surface area contributed by atoms with Gasteiger partial charge < -0.3 is 10.1 Å². The molecule has 114 valence electrons. The summed E-state index contributed by atoms with van der Waals surface area (Å²) in [4.78, 5) is 0. The molecule has 1 N–H and O–H groups in total. The van der Waals surface area contributed by atoms with Gasteiger partial charge in [0.1, 0.15) is 17.3 Å². The van der Waals surface area contributed by atoms with E-state index in [1.54, 1.807) is 16.8 Å². The Morgan fingerprint density at radius 1 is 1.38 bits per heavy atom. The fourth-order valence-corrected chi connectivity index (χ4v) is 2.45. The molecule has 1 atom stereocenters. The zero-order chi connectivity index (χ0) is 15.6. The third kappa shape index (κ3) is 3.08. The maximum absolute atomic E-state index is 14.2. The van der Waals surface area contributed by atoms with Crippen molar-refractivity contribution in [3.63, 3.8) is 0 Å². The lowest BCUT2D eigenvalue weighted by Gasteiger charge is -2.18. The summed E-state index contributed by atoms with van der Waals surface area (Å²) in [7, 11) is 1.86. The Morgan fingerprint density at radius 2 is 2.10 bits per heavy atom. The van der Waals surface area contributed by atoms with Crippen LogP contribution < -0.4 is 10.1 Å². The van der Waals surface area contributed by atoms with Crippen molar-refractivity contribution in [1.82, 2.24) is 15.1 Å². The van der Waals surface area contributed by atoms with Gasteiger partial charge >= 0.3 is 0 Å². The second-order valence-electron chi connectivity index (χ2n) is 5.16. The summed E-state index contributed by atoms with van der Waals surface area (Å²) in [6.07, 6.45) is 0. The van der Waals surface area contributed by atoms with Gasteiger partial charge in [0.15, 0.2) is 5.75 Å². The van der Waals surface area contributed by atoms with Gasteiger partial charge in [0.25, 0.3) is 0 Å². The van der Waals surface area contributed by atoms with Crippen LogP contribution in [-0.4, -0.2) is 16.3 Å². The first-order valence-corrected chi connectivity index (χ1v) is 7.15. The summed E-state index contributed by atoms with van der Waals surface area (Å²) < 4.78 is 21.9. The summed E-state index contributed by atoms with van der Waals surface area (Å²) in [6, 6.07) is 4.79. The standard InChI is InChI=1S/C16H22FN3O/c1-6-18-10(2)15-13(17)8-7-9-14(15)21-16-11(3)19-20(5)12(16)4/h7-10,18H,6H2,1-5H3. The average molecular weight is 291 g/mol. The van der Waals surface area contributed by atoms with Gasteiger partial charge in [-0.1, -0.05) is 13.0 Å². The van der Waals surface area contributed by atoms with Crippen LogP contribution in [0.15, 0.2) is 18.2 Å². The van der Waals surface area contributed by atoms with Crippen LogP contribution in [0.25, 0.3) is 0 Å². The Morgan fingerprint density at radius 3 is 2.67 bits per heavy atom. The molecule has 4 nitrogen and oxygen atoms in total. The number of hydrogen-bond donors (Lipinski definition) is 1. The van der Waals surface area contributed by atoms with E-state index in [9.17, 15) is 4.39 Å². The second-order valence-corrected chi connectivity index (χ2v) is 5.16. The number of hydrogen-bond acceptors (Lipinski definition) is 3. The highest BCUT2D eigenvalue weighted by Crippen LogP contribution is 2.34. The van der Waals surface area contributed by atoms with Crippen molar-refractivity contribution < 1.29 is 9.13 Å². The average Bonchev–Trinajstić information content (AvgIpc) is 2.66. The first-order valence-electron chi connectivity index (χ1n) is 7.15. The van der Waals surface area contributed by atoms with Gasteiger partial charge in [-0.15, -0.1) is 0 Å². The summed E-state index contributed by atoms with van der Waals surface area (Å²) in [5, 5.41) is 7.54. The molecule has 21 heavy (non-hydrogen) atoms. The van der Waals surface area contributed by atoms with E-state index in [0.717, 1.165) is 17.9 Å². The molecular formula is C16H22FN3O. The normalized spacial score (nSPS) is 12.5. The molecule has 0 saturated heterocycles. The van der Waals surface area contributed by atoms with Crippen LogP contribution in [0, 0.1) is 19.7 Å². The molecule has 5 heteroatoms. The van der Waals surface area contributed by atoms with E-state index in [-0.39, 0.29) is 11.9 Å². The van der Waals surface area contributed by atoms with E-state index in [1.807, 2.05) is 34.7 Å². The van der Waals surface area contributed by atoms with Crippen LogP contribution in [0.4, 0.5) is 4.39 Å². The van der Waals surface area contributed by atoms with Gasteiger partial charge in [-0.05, 0) is 39.4 Å². The van der Waals surface area contributed by atoms with E-state index in [2.05, 4.69) is 10.4 Å². The molecule has 1 aromatic heterocycles. The van der Waals surface area contributed by atoms with Crippen LogP contribution >= 0.6 is 0 Å². The molecule has 1 heterocycles. The molecule has 0 saturated carbocycles. The third-order valence-corrected chi connectivity index (χ3v) is 3.61. The first kappa shape index (κ1) is 15.5. The van der Waals surface area contributed by atoms with Crippen molar-refractivity contribution in [2.75, 3.05) is 6.54 Å². The molecule has 2 aromatic rings. The summed E-state index contributed by atoms with van der Waals surface area (Å²) in [5.41, 5.74) is 2.25. The van der Waals surface area contributed by atoms with E-state index in [0.29, 0.717) is 17.1 Å². The predicted molar refractivity (Wildman–Crippen MR) is 81.2 cm³/mol. The monoisotopic (exact) mass is 291 g/mol. The Kier molecular flexibility index (Phi) is 4.63. The maximum Gasteiger partial charge on any atom is 0.171 e. The van der Waals surface area contributed by atoms with E-state index < -0.39 is 0 Å². The van der Waals surface area contributed by atoms with Gasteiger partial charge in [0.05, 0.1) is 5.69 Å². The lowest BCUT2D eigenvalue weighted by atomic mass is 10.1. The number of aromatic nitrogens is 2. The Bertz CT molecular complexity index is 637. The third-order valence-electron chi connectivity index (χ3n) is 3.61. The minimum Gasteiger partial charge on any atom is -0.453 e. The van der Waals surface area contributed by atoms with Crippen molar-refractivity contribution in [3.8, 4) is 11.5 Å². The number of aryl methyl sites for hydroxylation is 2. The summed E-state index contributed by atoms with van der Waals surface area (Å²) >= 11 is 0. The van der Waals surface area contributed by atoms with Crippen molar-refractivity contribution in [2.24, 2.45) is 7.05 Å². The molecule has 0 aliphatic heterocycles. The number of halogens is 1. The van der Waals surface area contributed by atoms with Crippen molar-refractivity contribution in [3.05, 3.63) is 41.0 Å². The van der Waals surface area contributed by atoms with Crippen LogP contribution in [0.3, 0.4) is 0 Å². The fraction of sp³-hybridized carbons (Fsp3) is 0.438. The molecule has 0 amide bonds. The largest absolute Gasteiger partial charge is 0.453 e. The maximum atomic E-state index is 14.2. The van der Waals surface area contributed by atoms with Crippen LogP contribution in [0.5, 0.6) is 11.5 Å². The molecule has 0 spiro atoms. The number of benzene rings is 1. The first-order chi connectivity index (χ1) is 9.95. The molecular weight excluding hydrogens is 269 g/mol. The van der Waals surface area contributed by atoms with E-state index >= 15 is 0 Å². The number of ether oxygens (including phenoxy) is 1. The lowest BCUT2D eigenvalue weighted by Crippen LogP contribution is -2.19. The Labute approximate surface area is 124 Å². The van der Waals surface area contributed by atoms with E-state index in [1.165, 1.54) is 6.07 Å². The second kappa shape index (κ2) is 6.26. The zero-order valence-electron chi connectivity index (χ0n) is 13.2. The quantitative estimate of drug-likeness (QED) is 0.914. The Hall–Kier alpha value is -1.88. The SMILES string of the molecule is CCNC(C)c1c(F)cccc1Oc1c(C)nn(C)c1C. The minimum absolute atomic E-state index is 0.122. The molecule has 2 rings (SSSR count). The van der Waals surface area contributed by atoms with Crippen molar-refractivity contribution in [1.29, 1.82) is 0 Å². The number of nitrogens with one attached hydrogen (secondary N) is 1. The van der Waals surface area contributed by atoms with Crippen LogP contribution in [-0.2, 0) is 7.05 Å². The topological polar surface area (TPSA) is 39.1 Å². The molecule has 0 aliphatic carbocycles. The highest BCUT2D eigenvalue weighted by atomic mass is 19.1. The summed E-state index contributed by atoms with van der Waals surface area (Å²) in [5.74, 6) is 0.954. The predicted octanol–water partition coefficient (Wildman–Crippen LogP) is 3.64. The highest BCUT2D eigenvalue weighted by molar-refractivity contribution is 5.43. The highest BCUT2D eigenvalue weighted by Gasteiger charge is 2.19. The smallest absolute Gasteiger partial charge is 0.171 e. The van der Waals surface area contributed by atoms with E-state index in [4.69, 9.17) is 4.74 Å². The summed E-state index contributed by atoms with van der Waals surface area (Å²) in [6.45, 7) is 8.50. The van der Waals surface area contributed by atoms with Crippen molar-refractivity contribution >= 4 is 0 Å². The van der Waals surface area contributed by atoms with Gasteiger partial charge in [-0.25, -0.2) is 4.39 Å². The minimum atomic E-state index is -0.264. The molecule has 0 bridgehead atoms. The molecule has 0 aliphatic rings. The fourth-order valence-electron chi connectivity index (χ4n) is 2.45. The number of nitrogens with zero attached hydrogens (tertiary/aromatic N) is 2. The van der Waals surface area contributed by atoms with Crippen LogP contribution in [0.1, 0.15) is 36.8 Å². The van der Waals surface area contributed by atoms with Gasteiger partial charge in [0, 0.05) is 18.7 Å². The van der Waals surface area contributed by atoms with Gasteiger partial charge in [0.2, 0.25) is 0 Å².